The van der Waals surface area contributed by atoms with Crippen molar-refractivity contribution in [2.45, 2.75) is 24.4 Å². The average molecular weight is 307 g/mol. The van der Waals surface area contributed by atoms with Gasteiger partial charge in [-0.2, -0.15) is 0 Å². The fourth-order valence-corrected chi connectivity index (χ4v) is 3.11. The number of hydrogen-bond acceptors (Lipinski definition) is 2. The summed E-state index contributed by atoms with van der Waals surface area (Å²) in [7, 11) is 0. The maximum absolute atomic E-state index is 12.1. The lowest BCUT2D eigenvalue weighted by molar-refractivity contribution is -0.152. The summed E-state index contributed by atoms with van der Waals surface area (Å²) in [6, 6.07) is 20.1. The van der Waals surface area contributed by atoms with E-state index in [0.717, 1.165) is 10.5 Å². The molecule has 3 rings (SSSR count). The normalized spacial score (nSPS) is 20.0. The Morgan fingerprint density at radius 1 is 1.05 bits per heavy atom. The summed E-state index contributed by atoms with van der Waals surface area (Å²) in [4.78, 5) is 15.0. The van der Waals surface area contributed by atoms with E-state index >= 15 is 0 Å². The maximum Gasteiger partial charge on any atom is 0.229 e. The fourth-order valence-electron chi connectivity index (χ4n) is 2.52. The number of β-lactam (4-membered cyclic amide) rings is 1. The molecule has 0 N–H and O–H groups in total. The Balaban J connectivity index is 1.66. The third-order valence-corrected chi connectivity index (χ3v) is 4.52. The summed E-state index contributed by atoms with van der Waals surface area (Å²) in [6.45, 7) is 2.59. The monoisotopic (exact) mass is 307 g/mol. The smallest absolute Gasteiger partial charge is 0.229 e. The van der Waals surface area contributed by atoms with Crippen LogP contribution in [0.4, 0.5) is 0 Å². The highest BCUT2D eigenvalue weighted by molar-refractivity contribution is 8.03. The van der Waals surface area contributed by atoms with Crippen LogP contribution in [0.15, 0.2) is 65.6 Å². The van der Waals surface area contributed by atoms with Crippen molar-refractivity contribution in [3.8, 4) is 11.2 Å². The van der Waals surface area contributed by atoms with Crippen molar-refractivity contribution >= 4 is 17.7 Å². The highest BCUT2D eigenvalue weighted by Gasteiger charge is 2.42. The first-order valence-electron chi connectivity index (χ1n) is 7.32. The zero-order valence-corrected chi connectivity index (χ0v) is 13.2. The van der Waals surface area contributed by atoms with E-state index in [4.69, 9.17) is 0 Å². The molecular formula is C19H17NOS. The first-order chi connectivity index (χ1) is 10.8. The minimum atomic E-state index is -0.00687. The molecule has 2 nitrogen and oxygen atoms in total. The minimum Gasteiger partial charge on any atom is -0.323 e. The van der Waals surface area contributed by atoms with Crippen LogP contribution in [-0.2, 0) is 11.3 Å². The SMILES string of the molecule is C[C@H]1C(=O)N(Cc2ccccc2)[C@@H]1C#CSc1ccccc1. The number of likely N-dealkylation sites (tertiary alicyclic amines) is 1. The molecule has 1 saturated heterocycles. The molecule has 0 aliphatic carbocycles. The van der Waals surface area contributed by atoms with Crippen molar-refractivity contribution in [2.24, 2.45) is 5.92 Å². The summed E-state index contributed by atoms with van der Waals surface area (Å²) in [6.07, 6.45) is 0. The van der Waals surface area contributed by atoms with Gasteiger partial charge in [-0.3, -0.25) is 4.79 Å². The van der Waals surface area contributed by atoms with Crippen molar-refractivity contribution in [3.05, 3.63) is 66.2 Å². The summed E-state index contributed by atoms with van der Waals surface area (Å²) < 4.78 is 0. The van der Waals surface area contributed by atoms with Crippen molar-refractivity contribution in [2.75, 3.05) is 0 Å². The van der Waals surface area contributed by atoms with Gasteiger partial charge in [-0.25, -0.2) is 0 Å². The Morgan fingerprint density at radius 3 is 2.36 bits per heavy atom. The minimum absolute atomic E-state index is 0.00687. The predicted molar refractivity (Wildman–Crippen MR) is 90.0 cm³/mol. The van der Waals surface area contributed by atoms with E-state index in [1.807, 2.05) is 72.5 Å². The highest BCUT2D eigenvalue weighted by Crippen LogP contribution is 2.28. The van der Waals surface area contributed by atoms with Crippen LogP contribution in [0.3, 0.4) is 0 Å². The van der Waals surface area contributed by atoms with Crippen LogP contribution < -0.4 is 0 Å². The zero-order chi connectivity index (χ0) is 15.4. The van der Waals surface area contributed by atoms with Crippen LogP contribution in [0.5, 0.6) is 0 Å². The number of nitrogens with zero attached hydrogens (tertiary/aromatic N) is 1. The van der Waals surface area contributed by atoms with Crippen LogP contribution in [0, 0.1) is 17.1 Å². The molecule has 1 aliphatic rings. The molecule has 0 spiro atoms. The number of rotatable bonds is 3. The third-order valence-electron chi connectivity index (χ3n) is 3.80. The second kappa shape index (κ2) is 6.72. The van der Waals surface area contributed by atoms with Gasteiger partial charge in [0.1, 0.15) is 6.04 Å². The molecule has 22 heavy (non-hydrogen) atoms. The van der Waals surface area contributed by atoms with Crippen LogP contribution >= 0.6 is 11.8 Å². The van der Waals surface area contributed by atoms with E-state index in [2.05, 4.69) is 11.2 Å². The molecule has 3 heteroatoms. The molecule has 1 heterocycles. The lowest BCUT2D eigenvalue weighted by Crippen LogP contribution is -2.58. The van der Waals surface area contributed by atoms with Crippen molar-refractivity contribution < 1.29 is 4.79 Å². The number of carbonyl (C=O) groups is 1. The van der Waals surface area contributed by atoms with E-state index in [9.17, 15) is 4.79 Å². The third kappa shape index (κ3) is 3.18. The standard InChI is InChI=1S/C19H17NOS/c1-15-18(12-13-22-17-10-6-3-7-11-17)20(19(15)21)14-16-8-4-2-5-9-16/h2-11,15,18H,14H2,1H3/t15-,18-/m1/s1. The van der Waals surface area contributed by atoms with Crippen molar-refractivity contribution in [1.82, 2.24) is 4.90 Å². The van der Waals surface area contributed by atoms with Gasteiger partial charge in [-0.1, -0.05) is 61.4 Å². The van der Waals surface area contributed by atoms with Gasteiger partial charge >= 0.3 is 0 Å². The first-order valence-corrected chi connectivity index (χ1v) is 8.14. The Kier molecular flexibility index (Phi) is 4.50. The van der Waals surface area contributed by atoms with Crippen LogP contribution in [0.2, 0.25) is 0 Å². The lowest BCUT2D eigenvalue weighted by Gasteiger charge is -2.42. The van der Waals surface area contributed by atoms with E-state index < -0.39 is 0 Å². The number of benzene rings is 2. The van der Waals surface area contributed by atoms with Crippen molar-refractivity contribution in [3.63, 3.8) is 0 Å². The Hall–Kier alpha value is -2.18. The predicted octanol–water partition coefficient (Wildman–Crippen LogP) is 3.79. The van der Waals surface area contributed by atoms with Gasteiger partial charge in [0, 0.05) is 11.4 Å². The largest absolute Gasteiger partial charge is 0.323 e. The molecule has 1 fully saturated rings. The molecule has 0 unspecified atom stereocenters. The Morgan fingerprint density at radius 2 is 1.68 bits per heavy atom. The molecule has 0 aromatic heterocycles. The summed E-state index contributed by atoms with van der Waals surface area (Å²) >= 11 is 1.51. The second-order valence-electron chi connectivity index (χ2n) is 5.35. The summed E-state index contributed by atoms with van der Waals surface area (Å²) in [5, 5.41) is 3.14. The van der Waals surface area contributed by atoms with Gasteiger partial charge < -0.3 is 4.90 Å². The van der Waals surface area contributed by atoms with Crippen LogP contribution in [0.1, 0.15) is 12.5 Å². The Labute approximate surface area is 135 Å². The van der Waals surface area contributed by atoms with E-state index in [0.29, 0.717) is 6.54 Å². The van der Waals surface area contributed by atoms with Gasteiger partial charge in [0.25, 0.3) is 0 Å². The van der Waals surface area contributed by atoms with Gasteiger partial charge in [-0.15, -0.1) is 0 Å². The number of hydrogen-bond donors (Lipinski definition) is 0. The quantitative estimate of drug-likeness (QED) is 0.488. The van der Waals surface area contributed by atoms with Gasteiger partial charge in [0.05, 0.1) is 5.92 Å². The highest BCUT2D eigenvalue weighted by atomic mass is 32.2. The number of amides is 1. The molecule has 2 atom stereocenters. The van der Waals surface area contributed by atoms with Gasteiger partial charge in [0.2, 0.25) is 5.91 Å². The average Bonchev–Trinajstić information content (AvgIpc) is 2.58. The molecule has 0 saturated carbocycles. The first kappa shape index (κ1) is 14.7. The zero-order valence-electron chi connectivity index (χ0n) is 12.4. The number of carbonyl (C=O) groups excluding carboxylic acids is 1. The molecule has 2 aromatic rings. The molecule has 1 amide bonds. The van der Waals surface area contributed by atoms with Crippen LogP contribution in [-0.4, -0.2) is 16.8 Å². The molecular weight excluding hydrogens is 290 g/mol. The van der Waals surface area contributed by atoms with E-state index in [-0.39, 0.29) is 17.9 Å². The molecule has 0 bridgehead atoms. The van der Waals surface area contributed by atoms with Gasteiger partial charge in [-0.05, 0) is 34.7 Å². The summed E-state index contributed by atoms with van der Waals surface area (Å²) in [5.41, 5.74) is 1.14. The molecule has 2 aromatic carbocycles. The summed E-state index contributed by atoms with van der Waals surface area (Å²) in [5.74, 6) is 3.42. The second-order valence-corrected chi connectivity index (χ2v) is 6.23. The number of thioether (sulfide) groups is 1. The fraction of sp³-hybridized carbons (Fsp3) is 0.211. The maximum atomic E-state index is 12.1. The molecule has 110 valence electrons. The molecule has 1 aliphatic heterocycles. The van der Waals surface area contributed by atoms with Crippen molar-refractivity contribution in [1.29, 1.82) is 0 Å². The Bertz CT molecular complexity index is 702. The van der Waals surface area contributed by atoms with Gasteiger partial charge in [0.15, 0.2) is 0 Å². The topological polar surface area (TPSA) is 20.3 Å². The lowest BCUT2D eigenvalue weighted by atomic mass is 9.89. The van der Waals surface area contributed by atoms with E-state index in [1.54, 1.807) is 0 Å². The van der Waals surface area contributed by atoms with Crippen LogP contribution in [0.25, 0.3) is 0 Å². The van der Waals surface area contributed by atoms with E-state index in [1.165, 1.54) is 11.8 Å². The molecule has 0 radical (unpaired) electrons.